The number of amides is 1. The predicted molar refractivity (Wildman–Crippen MR) is 135 cm³/mol. The van der Waals surface area contributed by atoms with Crippen LogP contribution in [0.15, 0.2) is 65.6 Å². The van der Waals surface area contributed by atoms with E-state index in [0.29, 0.717) is 39.8 Å². The van der Waals surface area contributed by atoms with Crippen molar-refractivity contribution < 1.29 is 28.5 Å². The lowest BCUT2D eigenvalue weighted by molar-refractivity contribution is -0.116. The molecule has 0 saturated carbocycles. The molecule has 186 valence electrons. The van der Waals surface area contributed by atoms with Crippen molar-refractivity contribution >= 4 is 28.3 Å². The zero-order chi connectivity index (χ0) is 25.5. The normalized spacial score (nSPS) is 13.1. The molecule has 0 aliphatic carbocycles. The van der Waals surface area contributed by atoms with E-state index in [0.717, 1.165) is 12.0 Å². The number of nitrogens with one attached hydrogen (secondary N) is 1. The number of aryl methyl sites for hydroxylation is 1. The first-order chi connectivity index (χ1) is 18.0. The number of nitrogens with zero attached hydrogens (tertiary/aromatic N) is 1. The molecule has 0 bridgehead atoms. The fourth-order valence-corrected chi connectivity index (χ4v) is 4.45. The van der Waals surface area contributed by atoms with Gasteiger partial charge < -0.3 is 28.8 Å². The van der Waals surface area contributed by atoms with Crippen molar-refractivity contribution in [3.8, 4) is 23.0 Å². The van der Waals surface area contributed by atoms with E-state index < -0.39 is 11.2 Å². The number of pyridine rings is 1. The maximum absolute atomic E-state index is 13.4. The Balaban J connectivity index is 1.39. The second-order valence-corrected chi connectivity index (χ2v) is 8.72. The van der Waals surface area contributed by atoms with E-state index in [2.05, 4.69) is 5.32 Å². The molecule has 0 spiro atoms. The van der Waals surface area contributed by atoms with Crippen LogP contribution in [0.2, 0.25) is 0 Å². The third-order valence-electron chi connectivity index (χ3n) is 6.41. The largest absolute Gasteiger partial charge is 0.454 e. The number of fused-ring (bicyclic) bond motifs is 3. The van der Waals surface area contributed by atoms with Gasteiger partial charge in [-0.3, -0.25) is 14.4 Å². The SMILES string of the molecule is CCc1ccc(C(=O)c2cn(CC(=O)Nc3ccc4c(c3)OCO4)c3cc4c(cc3c2=O)OCO4)cc1. The molecule has 9 heteroatoms. The first kappa shape index (κ1) is 22.7. The van der Waals surface area contributed by atoms with Crippen LogP contribution < -0.4 is 29.7 Å². The fourth-order valence-electron chi connectivity index (χ4n) is 4.45. The van der Waals surface area contributed by atoms with Crippen LogP contribution in [-0.2, 0) is 17.8 Å². The molecule has 1 aromatic heterocycles. The maximum atomic E-state index is 13.4. The number of carbonyl (C=O) groups is 2. The van der Waals surface area contributed by atoms with Crippen LogP contribution in [0.5, 0.6) is 23.0 Å². The van der Waals surface area contributed by atoms with Crippen LogP contribution in [0, 0.1) is 0 Å². The highest BCUT2D eigenvalue weighted by Gasteiger charge is 2.23. The van der Waals surface area contributed by atoms with Gasteiger partial charge in [-0.05, 0) is 30.2 Å². The second-order valence-electron chi connectivity index (χ2n) is 8.72. The lowest BCUT2D eigenvalue weighted by Gasteiger charge is -2.14. The Hall–Kier alpha value is -4.79. The summed E-state index contributed by atoms with van der Waals surface area (Å²) in [6.45, 7) is 2.03. The van der Waals surface area contributed by atoms with Gasteiger partial charge in [0.1, 0.15) is 6.54 Å². The minimum atomic E-state index is -0.440. The van der Waals surface area contributed by atoms with Crippen LogP contribution >= 0.6 is 0 Å². The highest BCUT2D eigenvalue weighted by Crippen LogP contribution is 2.36. The standard InChI is InChI=1S/C28H22N2O7/c1-2-16-3-5-17(6-4-16)27(32)20-12-30(21-11-25-24(36-15-37-25)10-19(21)28(20)33)13-26(31)29-18-7-8-22-23(9-18)35-14-34-22/h3-12H,2,13-15H2,1H3,(H,29,31). The molecule has 3 heterocycles. The smallest absolute Gasteiger partial charge is 0.244 e. The van der Waals surface area contributed by atoms with Crippen molar-refractivity contribution in [2.45, 2.75) is 19.9 Å². The number of ether oxygens (including phenoxy) is 4. The summed E-state index contributed by atoms with van der Waals surface area (Å²) in [6, 6.07) is 15.5. The van der Waals surface area contributed by atoms with Crippen molar-refractivity contribution in [1.82, 2.24) is 4.57 Å². The Morgan fingerprint density at radius 3 is 2.27 bits per heavy atom. The number of anilines is 1. The molecule has 0 unspecified atom stereocenters. The zero-order valence-corrected chi connectivity index (χ0v) is 19.9. The van der Waals surface area contributed by atoms with Gasteiger partial charge in [-0.15, -0.1) is 0 Å². The average molecular weight is 498 g/mol. The van der Waals surface area contributed by atoms with Crippen molar-refractivity contribution in [2.75, 3.05) is 18.9 Å². The van der Waals surface area contributed by atoms with Gasteiger partial charge in [0, 0.05) is 29.6 Å². The van der Waals surface area contributed by atoms with Crippen molar-refractivity contribution in [3.05, 3.63) is 87.7 Å². The topological polar surface area (TPSA) is 105 Å². The summed E-state index contributed by atoms with van der Waals surface area (Å²) in [4.78, 5) is 39.9. The number of ketones is 1. The summed E-state index contributed by atoms with van der Waals surface area (Å²) in [5, 5.41) is 3.09. The Bertz CT molecular complexity index is 1620. The van der Waals surface area contributed by atoms with Gasteiger partial charge in [0.15, 0.2) is 28.8 Å². The average Bonchev–Trinajstić information content (AvgIpc) is 3.58. The first-order valence-electron chi connectivity index (χ1n) is 11.8. The van der Waals surface area contributed by atoms with Crippen molar-refractivity contribution in [1.29, 1.82) is 0 Å². The van der Waals surface area contributed by atoms with Crippen LogP contribution in [0.4, 0.5) is 5.69 Å². The highest BCUT2D eigenvalue weighted by atomic mass is 16.7. The summed E-state index contributed by atoms with van der Waals surface area (Å²) in [7, 11) is 0. The second kappa shape index (κ2) is 9.02. The molecule has 1 amide bonds. The molecule has 6 rings (SSSR count). The number of benzene rings is 3. The van der Waals surface area contributed by atoms with E-state index in [1.807, 2.05) is 19.1 Å². The van der Waals surface area contributed by atoms with E-state index in [4.69, 9.17) is 18.9 Å². The molecule has 4 aromatic rings. The van der Waals surface area contributed by atoms with Crippen LogP contribution in [0.3, 0.4) is 0 Å². The van der Waals surface area contributed by atoms with E-state index >= 15 is 0 Å². The van der Waals surface area contributed by atoms with Crippen LogP contribution in [-0.4, -0.2) is 29.8 Å². The van der Waals surface area contributed by atoms with E-state index in [1.54, 1.807) is 47.0 Å². The molecular formula is C28H22N2O7. The third kappa shape index (κ3) is 4.14. The Morgan fingerprint density at radius 1 is 0.865 bits per heavy atom. The maximum Gasteiger partial charge on any atom is 0.244 e. The van der Waals surface area contributed by atoms with E-state index in [9.17, 15) is 14.4 Å². The van der Waals surface area contributed by atoms with Crippen LogP contribution in [0.1, 0.15) is 28.4 Å². The molecule has 0 radical (unpaired) electrons. The van der Waals surface area contributed by atoms with Crippen molar-refractivity contribution in [3.63, 3.8) is 0 Å². The van der Waals surface area contributed by atoms with E-state index in [1.165, 1.54) is 6.20 Å². The molecule has 0 fully saturated rings. The summed E-state index contributed by atoms with van der Waals surface area (Å²) in [6.07, 6.45) is 2.27. The number of carbonyl (C=O) groups excluding carboxylic acids is 2. The monoisotopic (exact) mass is 498 g/mol. The summed E-state index contributed by atoms with van der Waals surface area (Å²) < 4.78 is 23.2. The molecule has 3 aromatic carbocycles. The molecule has 37 heavy (non-hydrogen) atoms. The number of aromatic nitrogens is 1. The van der Waals surface area contributed by atoms with Gasteiger partial charge >= 0.3 is 0 Å². The molecule has 9 nitrogen and oxygen atoms in total. The highest BCUT2D eigenvalue weighted by molar-refractivity contribution is 6.10. The molecular weight excluding hydrogens is 476 g/mol. The Kier molecular flexibility index (Phi) is 5.52. The number of hydrogen-bond donors (Lipinski definition) is 1. The van der Waals surface area contributed by atoms with Crippen molar-refractivity contribution in [2.24, 2.45) is 0 Å². The molecule has 2 aliphatic rings. The minimum absolute atomic E-state index is 0.0278. The first-order valence-corrected chi connectivity index (χ1v) is 11.8. The Morgan fingerprint density at radius 2 is 1.54 bits per heavy atom. The predicted octanol–water partition coefficient (Wildman–Crippen LogP) is 3.89. The van der Waals surface area contributed by atoms with Gasteiger partial charge in [-0.25, -0.2) is 0 Å². The van der Waals surface area contributed by atoms with Gasteiger partial charge in [0.2, 0.25) is 24.9 Å². The van der Waals surface area contributed by atoms with Gasteiger partial charge in [-0.1, -0.05) is 31.2 Å². The molecule has 0 atom stereocenters. The summed E-state index contributed by atoms with van der Waals surface area (Å²) >= 11 is 0. The Labute approximate surface area is 211 Å². The lowest BCUT2D eigenvalue weighted by Crippen LogP contribution is -2.24. The van der Waals surface area contributed by atoms with Gasteiger partial charge in [-0.2, -0.15) is 0 Å². The van der Waals surface area contributed by atoms with Crippen LogP contribution in [0.25, 0.3) is 10.9 Å². The quantitative estimate of drug-likeness (QED) is 0.402. The summed E-state index contributed by atoms with van der Waals surface area (Å²) in [5.74, 6) is 1.25. The molecule has 0 saturated heterocycles. The number of hydrogen-bond acceptors (Lipinski definition) is 7. The molecule has 2 aliphatic heterocycles. The minimum Gasteiger partial charge on any atom is -0.454 e. The van der Waals surface area contributed by atoms with Gasteiger partial charge in [0.25, 0.3) is 0 Å². The third-order valence-corrected chi connectivity index (χ3v) is 6.41. The number of rotatable bonds is 6. The van der Waals surface area contributed by atoms with Gasteiger partial charge in [0.05, 0.1) is 16.5 Å². The zero-order valence-electron chi connectivity index (χ0n) is 19.9. The lowest BCUT2D eigenvalue weighted by atomic mass is 10.0. The fraction of sp³-hybridized carbons (Fsp3) is 0.179. The summed E-state index contributed by atoms with van der Waals surface area (Å²) in [5.41, 5.74) is 1.99. The van der Waals surface area contributed by atoms with E-state index in [-0.39, 0.29) is 37.0 Å². The molecule has 1 N–H and O–H groups in total.